The first-order chi connectivity index (χ1) is 31.9. The molecule has 0 amide bonds. The highest BCUT2D eigenvalue weighted by atomic mass is 16.7. The van der Waals surface area contributed by atoms with Crippen LogP contribution in [-0.2, 0) is 50.2 Å². The lowest BCUT2D eigenvalue weighted by Crippen LogP contribution is -2.21. The Morgan fingerprint density at radius 3 is 1.06 bits per heavy atom. The van der Waals surface area contributed by atoms with Crippen LogP contribution in [0.15, 0.2) is 84.9 Å². The van der Waals surface area contributed by atoms with E-state index in [9.17, 15) is 9.59 Å². The number of esters is 2. The molecule has 5 aromatic carbocycles. The van der Waals surface area contributed by atoms with Crippen molar-refractivity contribution in [2.75, 3.05) is 26.4 Å². The van der Waals surface area contributed by atoms with Gasteiger partial charge in [-0.05, 0) is 109 Å². The van der Waals surface area contributed by atoms with E-state index in [-0.39, 0.29) is 33.6 Å². The summed E-state index contributed by atoms with van der Waals surface area (Å²) in [4.78, 5) is 24.8. The van der Waals surface area contributed by atoms with E-state index >= 15 is 0 Å². The second kappa shape index (κ2) is 19.8. The van der Waals surface area contributed by atoms with E-state index in [1.807, 2.05) is 0 Å². The van der Waals surface area contributed by atoms with Gasteiger partial charge in [0, 0.05) is 47.2 Å². The van der Waals surface area contributed by atoms with Crippen molar-refractivity contribution < 1.29 is 38.0 Å². The number of carbonyl (C=O) groups is 2. The molecule has 358 valence electrons. The molecule has 0 aliphatic carbocycles. The maximum Gasteiger partial charge on any atom is 0.308 e. The molecule has 2 fully saturated rings. The number of hydrogen-bond donors (Lipinski definition) is 0. The van der Waals surface area contributed by atoms with Crippen LogP contribution in [0.2, 0.25) is 0 Å². The zero-order chi connectivity index (χ0) is 49.3. The van der Waals surface area contributed by atoms with Crippen molar-refractivity contribution in [3.63, 3.8) is 0 Å². The molecular formula is C60H70O8. The molecule has 8 nitrogen and oxygen atoms in total. The summed E-state index contributed by atoms with van der Waals surface area (Å²) in [6.45, 7) is 30.8. The molecule has 0 radical (unpaired) electrons. The molecule has 2 saturated heterocycles. The van der Waals surface area contributed by atoms with E-state index in [0.29, 0.717) is 37.9 Å². The summed E-state index contributed by atoms with van der Waals surface area (Å²) in [7, 11) is 0. The molecule has 0 atom stereocenters. The molecular weight excluding hydrogens is 849 g/mol. The summed E-state index contributed by atoms with van der Waals surface area (Å²) >= 11 is 0. The van der Waals surface area contributed by atoms with Crippen LogP contribution in [0.1, 0.15) is 165 Å². The lowest BCUT2D eigenvalue weighted by molar-refractivity contribution is -0.133. The molecule has 2 aliphatic heterocycles. The topological polar surface area (TPSA) is 89.5 Å². The monoisotopic (exact) mass is 919 g/mol. The van der Waals surface area contributed by atoms with Gasteiger partial charge in [0.25, 0.3) is 0 Å². The number of ether oxygens (including phenoxy) is 6. The van der Waals surface area contributed by atoms with Gasteiger partial charge in [-0.25, -0.2) is 0 Å². The van der Waals surface area contributed by atoms with E-state index in [1.54, 1.807) is 0 Å². The Balaban J connectivity index is 1.27. The van der Waals surface area contributed by atoms with Crippen molar-refractivity contribution in [1.82, 2.24) is 0 Å². The first-order valence-electron chi connectivity index (χ1n) is 23.8. The smallest absolute Gasteiger partial charge is 0.308 e. The largest absolute Gasteiger partial charge is 0.426 e. The van der Waals surface area contributed by atoms with Crippen molar-refractivity contribution in [1.29, 1.82) is 0 Å². The van der Waals surface area contributed by atoms with Gasteiger partial charge < -0.3 is 28.4 Å². The minimum atomic E-state index is -0.468. The second-order valence-electron chi connectivity index (χ2n) is 22.2. The van der Waals surface area contributed by atoms with Crippen molar-refractivity contribution >= 4 is 36.2 Å². The fraction of sp³-hybridized carbons (Fsp3) is 0.400. The summed E-state index contributed by atoms with van der Waals surface area (Å²) in [5.74, 6) is 0.611. The molecule has 7 rings (SSSR count). The van der Waals surface area contributed by atoms with E-state index in [1.165, 1.54) is 13.8 Å². The Morgan fingerprint density at radius 1 is 0.441 bits per heavy atom. The predicted octanol–water partition coefficient (Wildman–Crippen LogP) is 14.5. The molecule has 5 aromatic rings. The van der Waals surface area contributed by atoms with Gasteiger partial charge in [0.1, 0.15) is 11.5 Å². The van der Waals surface area contributed by atoms with Gasteiger partial charge in [0.15, 0.2) is 12.6 Å². The van der Waals surface area contributed by atoms with Gasteiger partial charge in [0.05, 0.1) is 26.4 Å². The Labute approximate surface area is 404 Å². The minimum Gasteiger partial charge on any atom is -0.426 e. The molecule has 2 aliphatic rings. The van der Waals surface area contributed by atoms with Crippen LogP contribution in [0.5, 0.6) is 11.5 Å². The molecule has 68 heavy (non-hydrogen) atoms. The Morgan fingerprint density at radius 2 is 0.765 bits per heavy atom. The quantitative estimate of drug-likeness (QED) is 0.0777. The summed E-state index contributed by atoms with van der Waals surface area (Å²) < 4.78 is 36.1. The van der Waals surface area contributed by atoms with Crippen LogP contribution in [0, 0.1) is 0 Å². The van der Waals surface area contributed by atoms with E-state index < -0.39 is 12.6 Å². The van der Waals surface area contributed by atoms with Crippen molar-refractivity contribution in [3.8, 4) is 33.8 Å². The summed E-state index contributed by atoms with van der Waals surface area (Å²) in [6, 6.07) is 29.9. The fourth-order valence-corrected chi connectivity index (χ4v) is 8.77. The molecule has 8 heteroatoms. The van der Waals surface area contributed by atoms with Gasteiger partial charge >= 0.3 is 11.9 Å². The Kier molecular flexibility index (Phi) is 14.6. The number of carbonyl (C=O) groups excluding carboxylic acids is 2. The number of hydrogen-bond acceptors (Lipinski definition) is 8. The number of benzene rings is 5. The average Bonchev–Trinajstić information content (AvgIpc) is 3.99. The first kappa shape index (κ1) is 50.2. The van der Waals surface area contributed by atoms with Crippen LogP contribution >= 0.6 is 0 Å². The van der Waals surface area contributed by atoms with Crippen LogP contribution in [0.25, 0.3) is 46.6 Å². The standard InChI is InChI=1S/C60H70O8/c1-37(61)67-53-49(57(3,4)5)33-45(34-50(53)58(6,7)8)41-22-24-47(55-63-26-27-64-55)43(31-41)20-18-39-16-15-17-40(30-39)19-21-44-32-42(23-25-48(44)56-65-28-29-66-56)46-35-51(59(9,10)11)54(68-38(2)62)52(36-46)60(12,13)14/h15-25,30-36,55-56H,26-29H2,1-14H3/b20-18+,21-19+. The molecule has 0 bridgehead atoms. The normalized spacial score (nSPS) is 15.5. The van der Waals surface area contributed by atoms with Crippen LogP contribution in [0.4, 0.5) is 0 Å². The average molecular weight is 919 g/mol. The highest BCUT2D eigenvalue weighted by Crippen LogP contribution is 2.46. The molecule has 0 aromatic heterocycles. The van der Waals surface area contributed by atoms with Gasteiger partial charge in [0.2, 0.25) is 0 Å². The van der Waals surface area contributed by atoms with Gasteiger partial charge in [-0.3, -0.25) is 9.59 Å². The molecule has 0 saturated carbocycles. The van der Waals surface area contributed by atoms with Gasteiger partial charge in [-0.1, -0.05) is 150 Å². The van der Waals surface area contributed by atoms with E-state index in [0.717, 1.165) is 77.9 Å². The van der Waals surface area contributed by atoms with Crippen LogP contribution in [-0.4, -0.2) is 38.4 Å². The first-order valence-corrected chi connectivity index (χ1v) is 23.8. The van der Waals surface area contributed by atoms with Crippen LogP contribution in [0.3, 0.4) is 0 Å². The lowest BCUT2D eigenvalue weighted by Gasteiger charge is -2.30. The highest BCUT2D eigenvalue weighted by molar-refractivity contribution is 5.81. The lowest BCUT2D eigenvalue weighted by atomic mass is 9.77. The van der Waals surface area contributed by atoms with Crippen LogP contribution < -0.4 is 9.47 Å². The maximum absolute atomic E-state index is 12.4. The summed E-state index contributed by atoms with van der Waals surface area (Å²) in [6.07, 6.45) is 7.59. The molecule has 0 N–H and O–H groups in total. The van der Waals surface area contributed by atoms with Crippen molar-refractivity contribution in [2.24, 2.45) is 0 Å². The highest BCUT2D eigenvalue weighted by Gasteiger charge is 2.32. The van der Waals surface area contributed by atoms with Crippen molar-refractivity contribution in [2.45, 2.75) is 131 Å². The Hall–Kier alpha value is -5.64. The third-order valence-electron chi connectivity index (χ3n) is 12.3. The van der Waals surface area contributed by atoms with Gasteiger partial charge in [-0.2, -0.15) is 0 Å². The SMILES string of the molecule is CC(=O)Oc1c(C(C)(C)C)cc(-c2ccc(C3OCCO3)c(/C=C/c3cccc(/C=C/c4cc(-c5cc(C(C)(C)C)c(OC(C)=O)c(C(C)(C)C)c5)ccc4C4OCCO4)c3)c2)cc1C(C)(C)C. The third kappa shape index (κ3) is 11.8. The van der Waals surface area contributed by atoms with Gasteiger partial charge in [-0.15, -0.1) is 0 Å². The summed E-state index contributed by atoms with van der Waals surface area (Å²) in [5, 5.41) is 0. The van der Waals surface area contributed by atoms with E-state index in [2.05, 4.69) is 192 Å². The predicted molar refractivity (Wildman–Crippen MR) is 275 cm³/mol. The zero-order valence-corrected chi connectivity index (χ0v) is 42.6. The fourth-order valence-electron chi connectivity index (χ4n) is 8.77. The molecule has 0 spiro atoms. The summed E-state index contributed by atoms with van der Waals surface area (Å²) in [5.41, 5.74) is 12.8. The van der Waals surface area contributed by atoms with E-state index in [4.69, 9.17) is 28.4 Å². The zero-order valence-electron chi connectivity index (χ0n) is 42.6. The second-order valence-corrected chi connectivity index (χ2v) is 22.2. The number of rotatable bonds is 10. The van der Waals surface area contributed by atoms with Crippen molar-refractivity contribution in [3.05, 3.63) is 141 Å². The third-order valence-corrected chi connectivity index (χ3v) is 12.3. The molecule has 0 unspecified atom stereocenters. The Bertz CT molecular complexity index is 2480. The minimum absolute atomic E-state index is 0.289. The molecule has 2 heterocycles. The maximum atomic E-state index is 12.4.